The van der Waals surface area contributed by atoms with E-state index in [1.54, 1.807) is 6.20 Å². The molecule has 2 aromatic heterocycles. The first-order valence-electron chi connectivity index (χ1n) is 10.2. The van der Waals surface area contributed by atoms with Gasteiger partial charge < -0.3 is 10.1 Å². The zero-order valence-electron chi connectivity index (χ0n) is 17.1. The fourth-order valence-electron chi connectivity index (χ4n) is 3.27. The van der Waals surface area contributed by atoms with Crippen LogP contribution in [0.5, 0.6) is 11.5 Å². The summed E-state index contributed by atoms with van der Waals surface area (Å²) < 4.78 is 6.06. The van der Waals surface area contributed by atoms with Gasteiger partial charge in [-0.25, -0.2) is 4.98 Å². The number of nitrogens with one attached hydrogen (secondary N) is 2. The molecule has 0 spiro atoms. The Hall–Kier alpha value is -4.52. The largest absolute Gasteiger partial charge is 0.457 e. The maximum absolute atomic E-state index is 6.06. The van der Waals surface area contributed by atoms with Crippen LogP contribution in [0, 0.1) is 0 Å². The molecule has 156 valence electrons. The average molecular weight is 420 g/mol. The highest BCUT2D eigenvalue weighted by Crippen LogP contribution is 2.32. The summed E-state index contributed by atoms with van der Waals surface area (Å²) >= 11 is 0. The van der Waals surface area contributed by atoms with Gasteiger partial charge in [-0.05, 0) is 30.3 Å². The number of nitrogens with zero attached hydrogens (tertiary/aromatic N) is 4. The van der Waals surface area contributed by atoms with Gasteiger partial charge in [0, 0.05) is 11.1 Å². The van der Waals surface area contributed by atoms with E-state index in [0.29, 0.717) is 23.9 Å². The van der Waals surface area contributed by atoms with Crippen molar-refractivity contribution < 1.29 is 4.74 Å². The van der Waals surface area contributed by atoms with E-state index in [2.05, 4.69) is 30.7 Å². The topological polar surface area (TPSA) is 88.6 Å². The quantitative estimate of drug-likeness (QED) is 0.370. The molecule has 0 aliphatic rings. The molecule has 0 aliphatic carbocycles. The molecule has 0 atom stereocenters. The molecule has 5 rings (SSSR count). The first-order valence-corrected chi connectivity index (χ1v) is 10.2. The maximum atomic E-state index is 6.06. The zero-order valence-corrected chi connectivity index (χ0v) is 17.1. The van der Waals surface area contributed by atoms with Crippen molar-refractivity contribution in [3.05, 3.63) is 103 Å². The summed E-state index contributed by atoms with van der Waals surface area (Å²) in [6.07, 6.45) is 1.63. The highest BCUT2D eigenvalue weighted by molar-refractivity contribution is 5.67. The Bertz CT molecular complexity index is 1300. The fourth-order valence-corrected chi connectivity index (χ4v) is 3.27. The van der Waals surface area contributed by atoms with Crippen LogP contribution in [0.25, 0.3) is 22.5 Å². The minimum atomic E-state index is 0.424. The van der Waals surface area contributed by atoms with Gasteiger partial charge in [0.1, 0.15) is 11.5 Å². The van der Waals surface area contributed by atoms with E-state index in [0.717, 1.165) is 28.3 Å². The average Bonchev–Trinajstić information content (AvgIpc) is 3.34. The summed E-state index contributed by atoms with van der Waals surface area (Å²) in [6.45, 7) is 0.493. The fraction of sp³-hybridized carbons (Fsp3) is 0.0400. The van der Waals surface area contributed by atoms with Crippen molar-refractivity contribution in [2.24, 2.45) is 0 Å². The van der Waals surface area contributed by atoms with Crippen molar-refractivity contribution in [3.63, 3.8) is 0 Å². The molecule has 0 saturated carbocycles. The van der Waals surface area contributed by atoms with E-state index in [1.165, 1.54) is 0 Å². The van der Waals surface area contributed by atoms with Gasteiger partial charge in [-0.3, -0.25) is 5.10 Å². The lowest BCUT2D eigenvalue weighted by Gasteiger charge is -2.11. The number of aromatic amines is 1. The SMILES string of the molecule is c1ccc(Oc2ccccc2-c2cnnc(NCc3cc(-c4ccccc4)n[nH]3)n2)cc1. The van der Waals surface area contributed by atoms with Crippen LogP contribution in [0.2, 0.25) is 0 Å². The second-order valence-corrected chi connectivity index (χ2v) is 7.07. The van der Waals surface area contributed by atoms with Gasteiger partial charge in [-0.15, -0.1) is 5.10 Å². The van der Waals surface area contributed by atoms with E-state index in [9.17, 15) is 0 Å². The molecule has 0 radical (unpaired) electrons. The highest BCUT2D eigenvalue weighted by Gasteiger charge is 2.11. The summed E-state index contributed by atoms with van der Waals surface area (Å²) in [5.41, 5.74) is 4.38. The van der Waals surface area contributed by atoms with Gasteiger partial charge in [-0.2, -0.15) is 10.2 Å². The van der Waals surface area contributed by atoms with Gasteiger partial charge in [-0.1, -0.05) is 60.7 Å². The third-order valence-electron chi connectivity index (χ3n) is 4.83. The number of hydrogen-bond acceptors (Lipinski definition) is 6. The van der Waals surface area contributed by atoms with Crippen LogP contribution in [0.3, 0.4) is 0 Å². The predicted molar refractivity (Wildman–Crippen MR) is 123 cm³/mol. The number of aromatic nitrogens is 5. The lowest BCUT2D eigenvalue weighted by molar-refractivity contribution is 0.484. The summed E-state index contributed by atoms with van der Waals surface area (Å²) in [4.78, 5) is 4.63. The van der Waals surface area contributed by atoms with Gasteiger partial charge in [0.2, 0.25) is 5.95 Å². The Morgan fingerprint density at radius 3 is 2.41 bits per heavy atom. The number of rotatable bonds is 7. The first-order chi connectivity index (χ1) is 15.8. The molecule has 3 aromatic carbocycles. The molecule has 0 saturated heterocycles. The highest BCUT2D eigenvalue weighted by atomic mass is 16.5. The lowest BCUT2D eigenvalue weighted by atomic mass is 10.1. The van der Waals surface area contributed by atoms with Crippen LogP contribution in [0.4, 0.5) is 5.95 Å². The third kappa shape index (κ3) is 4.46. The van der Waals surface area contributed by atoms with Gasteiger partial charge in [0.15, 0.2) is 0 Å². The molecule has 7 nitrogen and oxygen atoms in total. The molecule has 0 unspecified atom stereocenters. The Labute approximate surface area is 185 Å². The van der Waals surface area contributed by atoms with Crippen molar-refractivity contribution in [3.8, 4) is 34.0 Å². The molecule has 2 heterocycles. The molecule has 0 fully saturated rings. The first kappa shape index (κ1) is 19.4. The van der Waals surface area contributed by atoms with Crippen molar-refractivity contribution in [1.82, 2.24) is 25.4 Å². The molecular formula is C25H20N6O. The third-order valence-corrected chi connectivity index (χ3v) is 4.83. The Morgan fingerprint density at radius 2 is 1.56 bits per heavy atom. The number of para-hydroxylation sites is 2. The Morgan fingerprint density at radius 1 is 0.812 bits per heavy atom. The van der Waals surface area contributed by atoms with Gasteiger partial charge in [0.25, 0.3) is 0 Å². The molecule has 0 aliphatic heterocycles. The monoisotopic (exact) mass is 420 g/mol. The van der Waals surface area contributed by atoms with Gasteiger partial charge in [0.05, 0.1) is 29.8 Å². The molecular weight excluding hydrogens is 400 g/mol. The zero-order chi connectivity index (χ0) is 21.6. The molecule has 7 heteroatoms. The van der Waals surface area contributed by atoms with Crippen molar-refractivity contribution in [2.75, 3.05) is 5.32 Å². The van der Waals surface area contributed by atoms with E-state index in [4.69, 9.17) is 4.74 Å². The standard InChI is InChI=1S/C25H20N6O/c1-3-9-18(10-4-1)22-15-19(29-30-22)16-26-25-28-23(17-27-31-25)21-13-7-8-14-24(21)32-20-11-5-2-6-12-20/h1-15,17H,16H2,(H,29,30)(H,26,28,31). The van der Waals surface area contributed by atoms with Crippen molar-refractivity contribution in [2.45, 2.75) is 6.54 Å². The number of ether oxygens (including phenoxy) is 1. The van der Waals surface area contributed by atoms with E-state index in [-0.39, 0.29) is 0 Å². The number of anilines is 1. The molecule has 2 N–H and O–H groups in total. The van der Waals surface area contributed by atoms with Gasteiger partial charge >= 0.3 is 0 Å². The number of benzene rings is 3. The van der Waals surface area contributed by atoms with Crippen molar-refractivity contribution >= 4 is 5.95 Å². The second kappa shape index (κ2) is 9.09. The van der Waals surface area contributed by atoms with Crippen LogP contribution in [-0.4, -0.2) is 25.4 Å². The lowest BCUT2D eigenvalue weighted by Crippen LogP contribution is -2.05. The Kier molecular flexibility index (Phi) is 5.53. The minimum Gasteiger partial charge on any atom is -0.457 e. The molecule has 0 amide bonds. The van der Waals surface area contributed by atoms with Crippen LogP contribution in [0.1, 0.15) is 5.69 Å². The molecule has 32 heavy (non-hydrogen) atoms. The summed E-state index contributed by atoms with van der Waals surface area (Å²) in [6, 6.07) is 29.4. The summed E-state index contributed by atoms with van der Waals surface area (Å²) in [5.74, 6) is 1.88. The van der Waals surface area contributed by atoms with E-state index >= 15 is 0 Å². The normalized spacial score (nSPS) is 10.6. The second-order valence-electron chi connectivity index (χ2n) is 7.07. The van der Waals surface area contributed by atoms with Crippen LogP contribution < -0.4 is 10.1 Å². The number of H-pyrrole nitrogens is 1. The molecule has 5 aromatic rings. The Balaban J connectivity index is 1.32. The van der Waals surface area contributed by atoms with Crippen LogP contribution in [0.15, 0.2) is 97.2 Å². The van der Waals surface area contributed by atoms with E-state index < -0.39 is 0 Å². The summed E-state index contributed by atoms with van der Waals surface area (Å²) in [7, 11) is 0. The smallest absolute Gasteiger partial charge is 0.243 e. The molecule has 0 bridgehead atoms. The van der Waals surface area contributed by atoms with E-state index in [1.807, 2.05) is 91.0 Å². The minimum absolute atomic E-state index is 0.424. The predicted octanol–water partition coefficient (Wildman–Crippen LogP) is 5.33. The van der Waals surface area contributed by atoms with Crippen LogP contribution >= 0.6 is 0 Å². The van der Waals surface area contributed by atoms with Crippen molar-refractivity contribution in [1.29, 1.82) is 0 Å². The number of hydrogen-bond donors (Lipinski definition) is 2. The maximum Gasteiger partial charge on any atom is 0.243 e. The summed E-state index contributed by atoms with van der Waals surface area (Å²) in [5, 5.41) is 18.9. The van der Waals surface area contributed by atoms with Crippen LogP contribution in [-0.2, 0) is 6.54 Å².